The van der Waals surface area contributed by atoms with Gasteiger partial charge >= 0.3 is 6.03 Å². The molecule has 8 heteroatoms. The van der Waals surface area contributed by atoms with E-state index in [9.17, 15) is 9.59 Å². The average Bonchev–Trinajstić information content (AvgIpc) is 3.37. The number of benzene rings is 1. The summed E-state index contributed by atoms with van der Waals surface area (Å²) in [7, 11) is 0. The van der Waals surface area contributed by atoms with Gasteiger partial charge in [0.05, 0.1) is 29.2 Å². The predicted molar refractivity (Wildman–Crippen MR) is 116 cm³/mol. The molecule has 0 bridgehead atoms. The topological polar surface area (TPSA) is 98.9 Å². The number of hydrogen-bond acceptors (Lipinski definition) is 4. The van der Waals surface area contributed by atoms with Gasteiger partial charge in [0.15, 0.2) is 0 Å². The first-order valence-electron chi connectivity index (χ1n) is 10.4. The van der Waals surface area contributed by atoms with E-state index in [2.05, 4.69) is 39.8 Å². The molecule has 4 N–H and O–H groups in total. The molecular weight excluding hydrogens is 386 g/mol. The SMILES string of the molecule is CC(C)[C@H](NC(=O)CCCC[C@@H]1SC[C@H]2NC(=O)N[C@@H]12)c1nc2ccccc2[nH]1. The summed E-state index contributed by atoms with van der Waals surface area (Å²) in [5.74, 6) is 2.09. The number of hydrogen-bond donors (Lipinski definition) is 4. The molecule has 0 radical (unpaired) electrons. The summed E-state index contributed by atoms with van der Waals surface area (Å²) in [6, 6.07) is 8.24. The number of aromatic nitrogens is 2. The van der Waals surface area contributed by atoms with Crippen molar-refractivity contribution in [3.8, 4) is 0 Å². The van der Waals surface area contributed by atoms with E-state index in [1.807, 2.05) is 36.0 Å². The summed E-state index contributed by atoms with van der Waals surface area (Å²) in [6.07, 6.45) is 3.38. The van der Waals surface area contributed by atoms with Crippen molar-refractivity contribution in [3.63, 3.8) is 0 Å². The lowest BCUT2D eigenvalue weighted by molar-refractivity contribution is -0.122. The molecule has 4 rings (SSSR count). The number of rotatable bonds is 8. The van der Waals surface area contributed by atoms with Gasteiger partial charge in [0.2, 0.25) is 5.91 Å². The second-order valence-corrected chi connectivity index (χ2v) is 9.57. The van der Waals surface area contributed by atoms with Crippen LogP contribution in [-0.4, -0.2) is 45.0 Å². The van der Waals surface area contributed by atoms with Crippen molar-refractivity contribution < 1.29 is 9.59 Å². The predicted octanol–water partition coefficient (Wildman–Crippen LogP) is 3.10. The van der Waals surface area contributed by atoms with E-state index in [1.54, 1.807) is 0 Å². The maximum Gasteiger partial charge on any atom is 0.315 e. The fourth-order valence-electron chi connectivity index (χ4n) is 4.19. The Labute approximate surface area is 175 Å². The number of H-pyrrole nitrogens is 1. The van der Waals surface area contributed by atoms with Crippen LogP contribution in [0.5, 0.6) is 0 Å². The highest BCUT2D eigenvalue weighted by Gasteiger charge is 2.42. The lowest BCUT2D eigenvalue weighted by atomic mass is 10.0. The number of thioether (sulfide) groups is 1. The third kappa shape index (κ3) is 4.52. The largest absolute Gasteiger partial charge is 0.346 e. The van der Waals surface area contributed by atoms with Gasteiger partial charge in [0.1, 0.15) is 5.82 Å². The quantitative estimate of drug-likeness (QED) is 0.393. The smallest absolute Gasteiger partial charge is 0.315 e. The summed E-state index contributed by atoms with van der Waals surface area (Å²) in [5.41, 5.74) is 1.91. The summed E-state index contributed by atoms with van der Waals surface area (Å²) in [6.45, 7) is 4.19. The van der Waals surface area contributed by atoms with Gasteiger partial charge in [-0.25, -0.2) is 9.78 Å². The van der Waals surface area contributed by atoms with Gasteiger partial charge in [0, 0.05) is 17.4 Å². The minimum Gasteiger partial charge on any atom is -0.346 e. The monoisotopic (exact) mass is 415 g/mol. The fraction of sp³-hybridized carbons (Fsp3) is 0.571. The molecule has 1 aromatic carbocycles. The van der Waals surface area contributed by atoms with Crippen LogP contribution in [0.4, 0.5) is 4.79 Å². The number of unbranched alkanes of at least 4 members (excludes halogenated alkanes) is 1. The first kappa shape index (κ1) is 20.1. The van der Waals surface area contributed by atoms with Crippen LogP contribution in [-0.2, 0) is 4.79 Å². The lowest BCUT2D eigenvalue weighted by Crippen LogP contribution is -2.36. The highest BCUT2D eigenvalue weighted by molar-refractivity contribution is 8.00. The molecule has 0 unspecified atom stereocenters. The Balaban J connectivity index is 1.25. The zero-order valence-electron chi connectivity index (χ0n) is 16.9. The second-order valence-electron chi connectivity index (χ2n) is 8.30. The number of carbonyl (C=O) groups is 2. The molecule has 2 saturated heterocycles. The van der Waals surface area contributed by atoms with Crippen LogP contribution < -0.4 is 16.0 Å². The van der Waals surface area contributed by atoms with Crippen molar-refractivity contribution in [2.24, 2.45) is 5.92 Å². The van der Waals surface area contributed by atoms with E-state index in [1.165, 1.54) is 0 Å². The summed E-state index contributed by atoms with van der Waals surface area (Å²) in [4.78, 5) is 32.0. The van der Waals surface area contributed by atoms with Gasteiger partial charge in [-0.05, 0) is 30.9 Å². The summed E-state index contributed by atoms with van der Waals surface area (Å²) in [5, 5.41) is 9.60. The van der Waals surface area contributed by atoms with E-state index in [-0.39, 0.29) is 36.0 Å². The standard InChI is InChI=1S/C21H29N5O2S/c1-12(2)18(20-22-13-7-3-4-8-14(13)23-20)25-17(27)10-6-5-9-16-19-15(11-29-16)24-21(28)26-19/h3-4,7-8,12,15-16,18-19H,5-6,9-11H2,1-2H3,(H,22,23)(H,25,27)(H2,24,26,28)/t15-,16+,18+,19-/m1/s1. The molecule has 2 fully saturated rings. The third-order valence-electron chi connectivity index (χ3n) is 5.77. The Bertz CT molecular complexity index is 850. The minimum atomic E-state index is -0.124. The number of nitrogens with zero attached hydrogens (tertiary/aromatic N) is 1. The normalized spacial score (nSPS) is 24.4. The van der Waals surface area contributed by atoms with Crippen molar-refractivity contribution in [3.05, 3.63) is 30.1 Å². The number of urea groups is 1. The molecule has 0 saturated carbocycles. The molecule has 0 spiro atoms. The van der Waals surface area contributed by atoms with Crippen molar-refractivity contribution in [2.75, 3.05) is 5.75 Å². The highest BCUT2D eigenvalue weighted by Crippen LogP contribution is 2.33. The Morgan fingerprint density at radius 3 is 2.90 bits per heavy atom. The zero-order chi connectivity index (χ0) is 20.4. The highest BCUT2D eigenvalue weighted by atomic mass is 32.2. The van der Waals surface area contributed by atoms with E-state index >= 15 is 0 Å². The van der Waals surface area contributed by atoms with Crippen LogP contribution in [0.3, 0.4) is 0 Å². The van der Waals surface area contributed by atoms with Gasteiger partial charge in [0.25, 0.3) is 0 Å². The minimum absolute atomic E-state index is 0.0463. The van der Waals surface area contributed by atoms with E-state index in [0.717, 1.165) is 41.9 Å². The fourth-order valence-corrected chi connectivity index (χ4v) is 5.73. The first-order valence-corrected chi connectivity index (χ1v) is 11.5. The first-order chi connectivity index (χ1) is 14.0. The Hall–Kier alpha value is -2.22. The van der Waals surface area contributed by atoms with Crippen LogP contribution in [0.25, 0.3) is 11.0 Å². The van der Waals surface area contributed by atoms with Gasteiger partial charge in [-0.1, -0.05) is 32.4 Å². The van der Waals surface area contributed by atoms with Crippen LogP contribution >= 0.6 is 11.8 Å². The molecule has 2 aliphatic rings. The molecule has 2 aromatic rings. The number of nitrogens with one attached hydrogen (secondary N) is 4. The number of amides is 3. The number of imidazole rings is 1. The lowest BCUT2D eigenvalue weighted by Gasteiger charge is -2.20. The third-order valence-corrected chi connectivity index (χ3v) is 7.27. The van der Waals surface area contributed by atoms with Gasteiger partial charge in [-0.3, -0.25) is 4.79 Å². The molecule has 3 amide bonds. The Kier molecular flexibility index (Phi) is 5.99. The molecule has 3 heterocycles. The van der Waals surface area contributed by atoms with E-state index in [0.29, 0.717) is 11.7 Å². The molecule has 7 nitrogen and oxygen atoms in total. The van der Waals surface area contributed by atoms with E-state index < -0.39 is 0 Å². The van der Waals surface area contributed by atoms with Crippen LogP contribution in [0.2, 0.25) is 0 Å². The second kappa shape index (κ2) is 8.65. The van der Waals surface area contributed by atoms with Crippen LogP contribution in [0.15, 0.2) is 24.3 Å². The summed E-state index contributed by atoms with van der Waals surface area (Å²) >= 11 is 1.92. The van der Waals surface area contributed by atoms with Crippen molar-refractivity contribution >= 4 is 34.7 Å². The van der Waals surface area contributed by atoms with Crippen molar-refractivity contribution in [2.45, 2.75) is 62.9 Å². The maximum absolute atomic E-state index is 12.5. The number of aromatic amines is 1. The maximum atomic E-state index is 12.5. The Morgan fingerprint density at radius 2 is 2.10 bits per heavy atom. The molecule has 0 aliphatic carbocycles. The average molecular weight is 416 g/mol. The Morgan fingerprint density at radius 1 is 1.28 bits per heavy atom. The van der Waals surface area contributed by atoms with E-state index in [4.69, 9.17) is 0 Å². The zero-order valence-corrected chi connectivity index (χ0v) is 17.7. The molecule has 1 aromatic heterocycles. The van der Waals surface area contributed by atoms with Crippen LogP contribution in [0, 0.1) is 5.92 Å². The summed E-state index contributed by atoms with van der Waals surface area (Å²) < 4.78 is 0. The molecule has 2 aliphatic heterocycles. The van der Waals surface area contributed by atoms with Crippen LogP contribution in [0.1, 0.15) is 51.4 Å². The number of carbonyl (C=O) groups excluding carboxylic acids is 2. The molecule has 29 heavy (non-hydrogen) atoms. The van der Waals surface area contributed by atoms with Crippen molar-refractivity contribution in [1.82, 2.24) is 25.9 Å². The number of para-hydroxylation sites is 2. The molecular formula is C21H29N5O2S. The van der Waals surface area contributed by atoms with Gasteiger partial charge in [-0.15, -0.1) is 0 Å². The number of fused-ring (bicyclic) bond motifs is 2. The van der Waals surface area contributed by atoms with Gasteiger partial charge < -0.3 is 20.9 Å². The van der Waals surface area contributed by atoms with Crippen molar-refractivity contribution in [1.29, 1.82) is 0 Å². The van der Waals surface area contributed by atoms with Gasteiger partial charge in [-0.2, -0.15) is 11.8 Å². The molecule has 156 valence electrons. The molecule has 4 atom stereocenters.